The number of ether oxygens (including phenoxy) is 1. The van der Waals surface area contributed by atoms with Gasteiger partial charge in [0.2, 0.25) is 5.88 Å². The van der Waals surface area contributed by atoms with Gasteiger partial charge in [-0.1, -0.05) is 0 Å². The van der Waals surface area contributed by atoms with Crippen LogP contribution >= 0.6 is 0 Å². The summed E-state index contributed by atoms with van der Waals surface area (Å²) in [5.41, 5.74) is 0.348. The highest BCUT2D eigenvalue weighted by Gasteiger charge is 2.19. The van der Waals surface area contributed by atoms with Crippen LogP contribution in [0.25, 0.3) is 0 Å². The second-order valence-corrected chi connectivity index (χ2v) is 4.23. The highest BCUT2D eigenvalue weighted by atomic mass is 16.5. The molecule has 1 fully saturated rings. The molecule has 5 heteroatoms. The number of aromatic nitrogens is 2. The van der Waals surface area contributed by atoms with E-state index < -0.39 is 0 Å². The minimum absolute atomic E-state index is 0.0156. The summed E-state index contributed by atoms with van der Waals surface area (Å²) in [5, 5.41) is 3.29. The first-order chi connectivity index (χ1) is 8.31. The SMILES string of the molecule is COc1nccnc1C(=O)CCC1CCNC1. The standard InChI is InChI=1S/C12H17N3O2/c1-17-12-11(14-6-7-15-12)10(16)3-2-9-4-5-13-8-9/h6-7,9,13H,2-5,8H2,1H3. The smallest absolute Gasteiger partial charge is 0.243 e. The lowest BCUT2D eigenvalue weighted by Crippen LogP contribution is -2.12. The van der Waals surface area contributed by atoms with Crippen molar-refractivity contribution in [2.24, 2.45) is 5.92 Å². The van der Waals surface area contributed by atoms with Crippen molar-refractivity contribution < 1.29 is 9.53 Å². The fourth-order valence-electron chi connectivity index (χ4n) is 2.08. The molecule has 17 heavy (non-hydrogen) atoms. The Morgan fingerprint density at radius 1 is 1.53 bits per heavy atom. The topological polar surface area (TPSA) is 64.1 Å². The van der Waals surface area contributed by atoms with Gasteiger partial charge >= 0.3 is 0 Å². The Hall–Kier alpha value is -1.49. The van der Waals surface area contributed by atoms with Crippen molar-refractivity contribution in [2.75, 3.05) is 20.2 Å². The van der Waals surface area contributed by atoms with Crippen molar-refractivity contribution in [3.63, 3.8) is 0 Å². The van der Waals surface area contributed by atoms with Gasteiger partial charge < -0.3 is 10.1 Å². The van der Waals surface area contributed by atoms with E-state index in [0.717, 1.165) is 25.9 Å². The molecule has 2 heterocycles. The van der Waals surface area contributed by atoms with Crippen LogP contribution in [0.3, 0.4) is 0 Å². The Morgan fingerprint density at radius 3 is 3.06 bits per heavy atom. The average molecular weight is 235 g/mol. The summed E-state index contributed by atoms with van der Waals surface area (Å²) in [4.78, 5) is 20.0. The molecule has 1 N–H and O–H groups in total. The molecule has 1 aromatic rings. The molecule has 0 radical (unpaired) electrons. The summed E-state index contributed by atoms with van der Waals surface area (Å²) in [6.45, 7) is 2.08. The first-order valence-corrected chi connectivity index (χ1v) is 5.90. The number of nitrogens with zero attached hydrogens (tertiary/aromatic N) is 2. The summed E-state index contributed by atoms with van der Waals surface area (Å²) in [6.07, 6.45) is 5.63. The maximum absolute atomic E-state index is 12.0. The molecule has 2 rings (SSSR count). The summed E-state index contributed by atoms with van der Waals surface area (Å²) in [7, 11) is 1.50. The van der Waals surface area contributed by atoms with Crippen molar-refractivity contribution >= 4 is 5.78 Å². The molecule has 0 bridgehead atoms. The van der Waals surface area contributed by atoms with Crippen LogP contribution < -0.4 is 10.1 Å². The van der Waals surface area contributed by atoms with E-state index in [2.05, 4.69) is 15.3 Å². The van der Waals surface area contributed by atoms with Crippen LogP contribution in [0.15, 0.2) is 12.4 Å². The third-order valence-electron chi connectivity index (χ3n) is 3.06. The zero-order chi connectivity index (χ0) is 12.1. The van der Waals surface area contributed by atoms with Gasteiger partial charge in [0.25, 0.3) is 0 Å². The number of ketones is 1. The van der Waals surface area contributed by atoms with Crippen LogP contribution in [0.1, 0.15) is 29.8 Å². The highest BCUT2D eigenvalue weighted by molar-refractivity contribution is 5.96. The molecular formula is C12H17N3O2. The molecule has 0 saturated carbocycles. The predicted octanol–water partition coefficient (Wildman–Crippen LogP) is 1.06. The molecule has 0 aromatic carbocycles. The maximum Gasteiger partial charge on any atom is 0.243 e. The quantitative estimate of drug-likeness (QED) is 0.773. The lowest BCUT2D eigenvalue weighted by Gasteiger charge is -2.08. The van der Waals surface area contributed by atoms with Gasteiger partial charge in [-0.15, -0.1) is 0 Å². The molecule has 92 valence electrons. The van der Waals surface area contributed by atoms with Crippen LogP contribution in [-0.2, 0) is 0 Å². The number of carbonyl (C=O) groups is 1. The second kappa shape index (κ2) is 5.72. The maximum atomic E-state index is 12.0. The molecule has 5 nitrogen and oxygen atoms in total. The molecule has 1 saturated heterocycles. The van der Waals surface area contributed by atoms with E-state index in [9.17, 15) is 4.79 Å². The number of nitrogens with one attached hydrogen (secondary N) is 1. The molecule has 0 amide bonds. The molecule has 0 aliphatic carbocycles. The van der Waals surface area contributed by atoms with Crippen LogP contribution in [-0.4, -0.2) is 36.0 Å². The summed E-state index contributed by atoms with van der Waals surface area (Å²) in [6, 6.07) is 0. The van der Waals surface area contributed by atoms with Gasteiger partial charge in [-0.05, 0) is 31.8 Å². The number of hydrogen-bond donors (Lipinski definition) is 1. The fraction of sp³-hybridized carbons (Fsp3) is 0.583. The first kappa shape index (κ1) is 12.0. The number of carbonyl (C=O) groups excluding carboxylic acids is 1. The molecular weight excluding hydrogens is 218 g/mol. The first-order valence-electron chi connectivity index (χ1n) is 5.90. The van der Waals surface area contributed by atoms with Gasteiger partial charge in [-0.2, -0.15) is 0 Å². The normalized spacial score (nSPS) is 19.2. The highest BCUT2D eigenvalue weighted by Crippen LogP contribution is 2.18. The van der Waals surface area contributed by atoms with Crippen molar-refractivity contribution in [3.05, 3.63) is 18.1 Å². The van der Waals surface area contributed by atoms with Gasteiger partial charge in [0.05, 0.1) is 7.11 Å². The largest absolute Gasteiger partial charge is 0.479 e. The van der Waals surface area contributed by atoms with Crippen molar-refractivity contribution in [1.29, 1.82) is 0 Å². The Bertz CT molecular complexity index is 389. The molecule has 1 aliphatic heterocycles. The fourth-order valence-corrected chi connectivity index (χ4v) is 2.08. The lowest BCUT2D eigenvalue weighted by atomic mass is 10.00. The zero-order valence-electron chi connectivity index (χ0n) is 9.98. The van der Waals surface area contributed by atoms with Gasteiger partial charge in [-0.3, -0.25) is 4.79 Å². The summed E-state index contributed by atoms with van der Waals surface area (Å²) >= 11 is 0. The molecule has 0 spiro atoms. The van der Waals surface area contributed by atoms with E-state index in [1.54, 1.807) is 0 Å². The number of rotatable bonds is 5. The van der Waals surface area contributed by atoms with Gasteiger partial charge in [0.1, 0.15) is 0 Å². The minimum Gasteiger partial charge on any atom is -0.479 e. The number of Topliss-reactive ketones (excluding diaryl/α,β-unsaturated/α-hetero) is 1. The molecule has 1 atom stereocenters. The molecule has 1 unspecified atom stereocenters. The zero-order valence-corrected chi connectivity index (χ0v) is 9.98. The summed E-state index contributed by atoms with van der Waals surface area (Å²) < 4.78 is 5.03. The van der Waals surface area contributed by atoms with Crippen LogP contribution in [0, 0.1) is 5.92 Å². The third kappa shape index (κ3) is 3.00. The Morgan fingerprint density at radius 2 is 2.35 bits per heavy atom. The molecule has 1 aromatic heterocycles. The Labute approximate surface area is 101 Å². The monoisotopic (exact) mass is 235 g/mol. The van der Waals surface area contributed by atoms with E-state index in [1.807, 2.05) is 0 Å². The Kier molecular flexibility index (Phi) is 4.03. The van der Waals surface area contributed by atoms with E-state index in [-0.39, 0.29) is 5.78 Å². The Balaban J connectivity index is 1.94. The molecule has 1 aliphatic rings. The lowest BCUT2D eigenvalue weighted by molar-refractivity contribution is 0.0965. The number of hydrogen-bond acceptors (Lipinski definition) is 5. The van der Waals surface area contributed by atoms with Crippen LogP contribution in [0.4, 0.5) is 0 Å². The van der Waals surface area contributed by atoms with E-state index in [1.165, 1.54) is 19.5 Å². The van der Waals surface area contributed by atoms with Crippen LogP contribution in [0.2, 0.25) is 0 Å². The average Bonchev–Trinajstić information content (AvgIpc) is 2.89. The predicted molar refractivity (Wildman–Crippen MR) is 63.1 cm³/mol. The van der Waals surface area contributed by atoms with Crippen molar-refractivity contribution in [3.8, 4) is 5.88 Å². The van der Waals surface area contributed by atoms with E-state index in [4.69, 9.17) is 4.74 Å². The van der Waals surface area contributed by atoms with Gasteiger partial charge in [0.15, 0.2) is 11.5 Å². The minimum atomic E-state index is 0.0156. The van der Waals surface area contributed by atoms with Gasteiger partial charge in [0, 0.05) is 18.8 Å². The van der Waals surface area contributed by atoms with E-state index >= 15 is 0 Å². The van der Waals surface area contributed by atoms with Gasteiger partial charge in [-0.25, -0.2) is 9.97 Å². The number of methoxy groups -OCH3 is 1. The van der Waals surface area contributed by atoms with E-state index in [0.29, 0.717) is 23.9 Å². The van der Waals surface area contributed by atoms with Crippen molar-refractivity contribution in [2.45, 2.75) is 19.3 Å². The third-order valence-corrected chi connectivity index (χ3v) is 3.06. The van der Waals surface area contributed by atoms with Crippen molar-refractivity contribution in [1.82, 2.24) is 15.3 Å². The summed E-state index contributed by atoms with van der Waals surface area (Å²) in [5.74, 6) is 0.950. The second-order valence-electron chi connectivity index (χ2n) is 4.23. The van der Waals surface area contributed by atoms with Crippen LogP contribution in [0.5, 0.6) is 5.88 Å².